The van der Waals surface area contributed by atoms with Gasteiger partial charge in [0.1, 0.15) is 0 Å². The van der Waals surface area contributed by atoms with Crippen molar-refractivity contribution >= 4 is 0 Å². The van der Waals surface area contributed by atoms with Gasteiger partial charge in [0, 0.05) is 16.7 Å². The van der Waals surface area contributed by atoms with E-state index in [0.29, 0.717) is 36.5 Å². The maximum atomic E-state index is 15.3. The van der Waals surface area contributed by atoms with E-state index in [1.165, 1.54) is 50.7 Å². The molecule has 1 heterocycles. The van der Waals surface area contributed by atoms with Gasteiger partial charge in [-0.15, -0.1) is 0 Å². The van der Waals surface area contributed by atoms with Gasteiger partial charge in [0.15, 0.2) is 23.2 Å². The zero-order chi connectivity index (χ0) is 29.9. The largest absolute Gasteiger partial charge is 0.490 e. The molecule has 2 unspecified atom stereocenters. The van der Waals surface area contributed by atoms with Gasteiger partial charge in [-0.05, 0) is 61.8 Å². The Hall–Kier alpha value is -3.12. The lowest BCUT2D eigenvalue weighted by Crippen LogP contribution is -2.21. The van der Waals surface area contributed by atoms with Gasteiger partial charge in [0.25, 0.3) is 0 Å². The van der Waals surface area contributed by atoms with Crippen LogP contribution >= 0.6 is 0 Å². The van der Waals surface area contributed by atoms with E-state index >= 15 is 8.78 Å². The zero-order valence-electron chi connectivity index (χ0n) is 24.7. The average Bonchev–Trinajstić information content (AvgIpc) is 3.01. The van der Waals surface area contributed by atoms with Gasteiger partial charge < -0.3 is 9.47 Å². The first kappa shape index (κ1) is 31.8. The van der Waals surface area contributed by atoms with Gasteiger partial charge >= 0.3 is 0 Å². The molecular formula is C36H42F4O2. The van der Waals surface area contributed by atoms with Gasteiger partial charge in [0.2, 0.25) is 5.82 Å². The summed E-state index contributed by atoms with van der Waals surface area (Å²) in [5, 5.41) is 0. The number of hydrogen-bond donors (Lipinski definition) is 0. The van der Waals surface area contributed by atoms with Crippen molar-refractivity contribution in [1.29, 1.82) is 0 Å². The number of unbranched alkanes of at least 4 members (excludes halogenated alkanes) is 5. The molecular weight excluding hydrogens is 540 g/mol. The number of benzene rings is 3. The third-order valence-corrected chi connectivity index (χ3v) is 8.13. The van der Waals surface area contributed by atoms with Crippen LogP contribution in [-0.4, -0.2) is 13.2 Å². The van der Waals surface area contributed by atoms with Crippen molar-refractivity contribution in [3.05, 3.63) is 89.5 Å². The van der Waals surface area contributed by atoms with Gasteiger partial charge in [-0.3, -0.25) is 0 Å². The minimum atomic E-state index is -1.06. The van der Waals surface area contributed by atoms with Gasteiger partial charge in [-0.1, -0.05) is 94.0 Å². The molecule has 3 aromatic carbocycles. The van der Waals surface area contributed by atoms with Gasteiger partial charge in [0.05, 0.1) is 19.3 Å². The van der Waals surface area contributed by atoms with Crippen LogP contribution in [0.2, 0.25) is 0 Å². The summed E-state index contributed by atoms with van der Waals surface area (Å²) in [6.07, 6.45) is 14.2. The predicted octanol–water partition coefficient (Wildman–Crippen LogP) is 11.1. The highest BCUT2D eigenvalue weighted by Gasteiger charge is 2.27. The first-order chi connectivity index (χ1) is 20.4. The lowest BCUT2D eigenvalue weighted by Gasteiger charge is -2.30. The summed E-state index contributed by atoms with van der Waals surface area (Å²) in [5.41, 5.74) is 1.27. The first-order valence-electron chi connectivity index (χ1n) is 15.4. The summed E-state index contributed by atoms with van der Waals surface area (Å²) < 4.78 is 71.3. The van der Waals surface area contributed by atoms with E-state index in [4.69, 9.17) is 9.47 Å². The fraction of sp³-hybridized carbons (Fsp3) is 0.444. The molecule has 3 aromatic rings. The monoisotopic (exact) mass is 582 g/mol. The molecule has 1 saturated heterocycles. The third kappa shape index (κ3) is 8.03. The molecule has 2 atom stereocenters. The maximum Gasteiger partial charge on any atom is 0.201 e. The molecule has 42 heavy (non-hydrogen) atoms. The molecule has 0 saturated carbocycles. The molecule has 1 fully saturated rings. The SMILES string of the molecule is C/C=C\CCOc1ccc(-c2ccc(-c3ccc(C4CCC(CCCCCCCC)CO4)c(F)c3F)cc2)c(F)c1F. The predicted molar refractivity (Wildman–Crippen MR) is 161 cm³/mol. The second-order valence-corrected chi connectivity index (χ2v) is 11.2. The molecule has 0 aliphatic carbocycles. The van der Waals surface area contributed by atoms with E-state index in [0.717, 1.165) is 12.8 Å². The molecule has 2 nitrogen and oxygen atoms in total. The summed E-state index contributed by atoms with van der Waals surface area (Å²) in [5.74, 6) is -3.58. The fourth-order valence-electron chi connectivity index (χ4n) is 5.63. The van der Waals surface area contributed by atoms with Crippen molar-refractivity contribution in [2.75, 3.05) is 13.2 Å². The minimum Gasteiger partial charge on any atom is -0.490 e. The summed E-state index contributed by atoms with van der Waals surface area (Å²) >= 11 is 0. The van der Waals surface area contributed by atoms with Crippen molar-refractivity contribution in [3.8, 4) is 28.0 Å². The van der Waals surface area contributed by atoms with E-state index in [1.54, 1.807) is 36.4 Å². The number of halogens is 4. The Kier molecular flexibility index (Phi) is 12.1. The standard InChI is InChI=1S/C36H42F4O2/c1-3-5-7-8-9-10-12-25-13-21-31(42-24-25)30-19-18-28(33(37)35(30)39)26-14-16-27(17-15-26)29-20-22-32(36(40)34(29)38)41-23-11-6-4-2/h4,6,14-20,22,25,31H,3,5,7-13,21,23-24H2,1-2H3/b6-4-. The van der Waals surface area contributed by atoms with Crippen LogP contribution < -0.4 is 4.74 Å². The molecule has 0 N–H and O–H groups in total. The van der Waals surface area contributed by atoms with Crippen molar-refractivity contribution in [2.24, 2.45) is 5.92 Å². The number of hydrogen-bond acceptors (Lipinski definition) is 2. The highest BCUT2D eigenvalue weighted by molar-refractivity contribution is 5.71. The lowest BCUT2D eigenvalue weighted by atomic mass is 9.90. The molecule has 1 aliphatic rings. The van der Waals surface area contributed by atoms with E-state index in [1.807, 2.05) is 19.1 Å². The van der Waals surface area contributed by atoms with Crippen molar-refractivity contribution in [3.63, 3.8) is 0 Å². The Labute approximate surface area is 247 Å². The second kappa shape index (κ2) is 15.9. The molecule has 226 valence electrons. The van der Waals surface area contributed by atoms with Crippen molar-refractivity contribution < 1.29 is 27.0 Å². The highest BCUT2D eigenvalue weighted by atomic mass is 19.2. The van der Waals surface area contributed by atoms with E-state index in [-0.39, 0.29) is 29.0 Å². The highest BCUT2D eigenvalue weighted by Crippen LogP contribution is 2.37. The zero-order valence-corrected chi connectivity index (χ0v) is 24.7. The maximum absolute atomic E-state index is 15.3. The smallest absolute Gasteiger partial charge is 0.201 e. The van der Waals surface area contributed by atoms with Crippen LogP contribution in [0.3, 0.4) is 0 Å². The molecule has 0 radical (unpaired) electrons. The Morgan fingerprint density at radius 1 is 0.762 bits per heavy atom. The number of rotatable bonds is 14. The van der Waals surface area contributed by atoms with E-state index in [9.17, 15) is 8.78 Å². The van der Waals surface area contributed by atoms with Crippen molar-refractivity contribution in [1.82, 2.24) is 0 Å². The first-order valence-corrected chi connectivity index (χ1v) is 15.4. The fourth-order valence-corrected chi connectivity index (χ4v) is 5.63. The van der Waals surface area contributed by atoms with Crippen LogP contribution in [0.4, 0.5) is 17.6 Å². The molecule has 4 rings (SSSR count). The van der Waals surface area contributed by atoms with Crippen LogP contribution in [0.25, 0.3) is 22.3 Å². The number of ether oxygens (including phenoxy) is 2. The Bertz CT molecular complexity index is 1310. The number of allylic oxidation sites excluding steroid dienone is 1. The average molecular weight is 583 g/mol. The summed E-state index contributed by atoms with van der Waals surface area (Å²) in [4.78, 5) is 0. The second-order valence-electron chi connectivity index (χ2n) is 11.2. The quantitative estimate of drug-likeness (QED) is 0.107. The molecule has 0 aromatic heterocycles. The van der Waals surface area contributed by atoms with E-state index < -0.39 is 29.4 Å². The summed E-state index contributed by atoms with van der Waals surface area (Å²) in [6.45, 7) is 4.90. The molecule has 0 amide bonds. The van der Waals surface area contributed by atoms with Crippen LogP contribution in [-0.2, 0) is 4.74 Å². The van der Waals surface area contributed by atoms with Crippen LogP contribution in [0.5, 0.6) is 5.75 Å². The van der Waals surface area contributed by atoms with Crippen LogP contribution in [0, 0.1) is 29.2 Å². The molecule has 0 bridgehead atoms. The van der Waals surface area contributed by atoms with Gasteiger partial charge in [-0.25, -0.2) is 13.2 Å². The lowest BCUT2D eigenvalue weighted by molar-refractivity contribution is -0.0218. The minimum absolute atomic E-state index is 0.0612. The Balaban J connectivity index is 1.38. The molecule has 1 aliphatic heterocycles. The third-order valence-electron chi connectivity index (χ3n) is 8.13. The van der Waals surface area contributed by atoms with Crippen LogP contribution in [0.15, 0.2) is 60.7 Å². The Morgan fingerprint density at radius 3 is 2.05 bits per heavy atom. The normalized spacial score (nSPS) is 17.2. The summed E-state index contributed by atoms with van der Waals surface area (Å²) in [6, 6.07) is 12.3. The van der Waals surface area contributed by atoms with Crippen LogP contribution in [0.1, 0.15) is 89.7 Å². The Morgan fingerprint density at radius 2 is 1.40 bits per heavy atom. The summed E-state index contributed by atoms with van der Waals surface area (Å²) in [7, 11) is 0. The molecule has 6 heteroatoms. The van der Waals surface area contributed by atoms with E-state index in [2.05, 4.69) is 6.92 Å². The topological polar surface area (TPSA) is 18.5 Å². The van der Waals surface area contributed by atoms with Gasteiger partial charge in [-0.2, -0.15) is 4.39 Å². The molecule has 0 spiro atoms. The van der Waals surface area contributed by atoms with Crippen molar-refractivity contribution in [2.45, 2.75) is 84.2 Å².